The molecule has 0 aromatic heterocycles. The van der Waals surface area contributed by atoms with E-state index in [1.165, 1.54) is 0 Å². The Morgan fingerprint density at radius 2 is 2.08 bits per heavy atom. The molecule has 2 aromatic carbocycles. The summed E-state index contributed by atoms with van der Waals surface area (Å²) in [6.07, 6.45) is 2.65. The molecule has 2 aromatic rings. The van der Waals surface area contributed by atoms with Crippen molar-refractivity contribution in [2.24, 2.45) is 5.73 Å². The number of ether oxygens (including phenoxy) is 1. The van der Waals surface area contributed by atoms with Gasteiger partial charge in [-0.05, 0) is 43.2 Å². The van der Waals surface area contributed by atoms with Gasteiger partial charge in [0.15, 0.2) is 0 Å². The number of amides is 1. The molecule has 1 aliphatic rings. The second-order valence-corrected chi connectivity index (χ2v) is 6.46. The molecule has 0 bridgehead atoms. The molecule has 0 spiro atoms. The highest BCUT2D eigenvalue weighted by Crippen LogP contribution is 2.36. The molecule has 5 heteroatoms. The van der Waals surface area contributed by atoms with Crippen LogP contribution < -0.4 is 15.8 Å². The van der Waals surface area contributed by atoms with Gasteiger partial charge >= 0.3 is 0 Å². The molecule has 1 atom stereocenters. The summed E-state index contributed by atoms with van der Waals surface area (Å²) in [7, 11) is 0. The van der Waals surface area contributed by atoms with Gasteiger partial charge < -0.3 is 15.8 Å². The number of rotatable bonds is 6. The Balaban J connectivity index is 1.56. The van der Waals surface area contributed by atoms with E-state index < -0.39 is 0 Å². The molecule has 0 radical (unpaired) electrons. The zero-order valence-electron chi connectivity index (χ0n) is 14.8. The number of hydrogen-bond donors (Lipinski definition) is 3. The van der Waals surface area contributed by atoms with E-state index in [-0.39, 0.29) is 17.7 Å². The summed E-state index contributed by atoms with van der Waals surface area (Å²) in [5, 5.41) is 10.5. The van der Waals surface area contributed by atoms with Crippen LogP contribution in [0.1, 0.15) is 36.0 Å². The van der Waals surface area contributed by atoms with Crippen molar-refractivity contribution < 1.29 is 9.53 Å². The van der Waals surface area contributed by atoms with Gasteiger partial charge in [0, 0.05) is 29.2 Å². The van der Waals surface area contributed by atoms with Crippen molar-refractivity contribution in [3.05, 3.63) is 70.8 Å². The lowest BCUT2D eigenvalue weighted by molar-refractivity contribution is -0.117. The second-order valence-electron chi connectivity index (χ2n) is 6.46. The maximum atomic E-state index is 12.3. The normalized spacial score (nSPS) is 15.9. The van der Waals surface area contributed by atoms with E-state index in [0.29, 0.717) is 24.3 Å². The van der Waals surface area contributed by atoms with Crippen LogP contribution in [0.15, 0.2) is 54.1 Å². The van der Waals surface area contributed by atoms with Crippen LogP contribution in [0.3, 0.4) is 0 Å². The minimum absolute atomic E-state index is 0.0495. The highest BCUT2D eigenvalue weighted by molar-refractivity contribution is 5.97. The van der Waals surface area contributed by atoms with Crippen LogP contribution in [0.5, 0.6) is 5.75 Å². The van der Waals surface area contributed by atoms with E-state index in [2.05, 4.69) is 5.32 Å². The maximum Gasteiger partial charge on any atom is 0.246 e. The molecule has 26 heavy (non-hydrogen) atoms. The van der Waals surface area contributed by atoms with Crippen LogP contribution in [0.2, 0.25) is 0 Å². The number of fused-ring (bicyclic) bond motifs is 1. The first-order valence-electron chi connectivity index (χ1n) is 8.67. The predicted octanol–water partition coefficient (Wildman–Crippen LogP) is 3.06. The lowest BCUT2D eigenvalue weighted by Crippen LogP contribution is -2.26. The quantitative estimate of drug-likeness (QED) is 0.425. The Hall–Kier alpha value is -3.08. The molecule has 1 aliphatic heterocycles. The summed E-state index contributed by atoms with van der Waals surface area (Å²) in [5.74, 6) is 1.02. The van der Waals surface area contributed by atoms with E-state index in [4.69, 9.17) is 15.9 Å². The molecule has 0 aliphatic carbocycles. The topological polar surface area (TPSA) is 88.2 Å². The largest absolute Gasteiger partial charge is 0.493 e. The van der Waals surface area contributed by atoms with E-state index in [0.717, 1.165) is 23.3 Å². The van der Waals surface area contributed by atoms with E-state index in [1.54, 1.807) is 6.07 Å². The van der Waals surface area contributed by atoms with Crippen molar-refractivity contribution in [2.75, 3.05) is 13.2 Å². The Bertz CT molecular complexity index is 844. The van der Waals surface area contributed by atoms with E-state index in [1.807, 2.05) is 55.5 Å². The third kappa shape index (κ3) is 4.11. The third-order valence-corrected chi connectivity index (χ3v) is 4.52. The van der Waals surface area contributed by atoms with Gasteiger partial charge in [0.05, 0.1) is 6.61 Å². The zero-order valence-corrected chi connectivity index (χ0v) is 14.8. The first-order valence-corrected chi connectivity index (χ1v) is 8.67. The van der Waals surface area contributed by atoms with Crippen LogP contribution in [-0.4, -0.2) is 24.9 Å². The monoisotopic (exact) mass is 349 g/mol. The van der Waals surface area contributed by atoms with Gasteiger partial charge in [-0.2, -0.15) is 0 Å². The maximum absolute atomic E-state index is 12.3. The summed E-state index contributed by atoms with van der Waals surface area (Å²) in [5.41, 5.74) is 9.01. The summed E-state index contributed by atoms with van der Waals surface area (Å²) in [6, 6.07) is 15.4. The minimum atomic E-state index is -0.0644. The van der Waals surface area contributed by atoms with Crippen LogP contribution in [0.4, 0.5) is 0 Å². The van der Waals surface area contributed by atoms with Gasteiger partial charge in [-0.25, -0.2) is 0 Å². The average Bonchev–Trinajstić information content (AvgIpc) is 3.04. The van der Waals surface area contributed by atoms with Gasteiger partial charge in [-0.3, -0.25) is 10.2 Å². The molecule has 5 nitrogen and oxygen atoms in total. The number of carbonyl (C=O) groups is 1. The van der Waals surface area contributed by atoms with Crippen LogP contribution >= 0.6 is 0 Å². The molecule has 0 saturated heterocycles. The lowest BCUT2D eigenvalue weighted by atomic mass is 9.96. The van der Waals surface area contributed by atoms with Gasteiger partial charge in [-0.15, -0.1) is 0 Å². The number of nitrogens with one attached hydrogen (secondary N) is 2. The summed E-state index contributed by atoms with van der Waals surface area (Å²) >= 11 is 0. The lowest BCUT2D eigenvalue weighted by Gasteiger charge is -2.11. The van der Waals surface area contributed by atoms with Crippen molar-refractivity contribution in [1.29, 1.82) is 5.41 Å². The molecular formula is C21H23N3O2. The van der Waals surface area contributed by atoms with Crippen molar-refractivity contribution in [2.45, 2.75) is 19.3 Å². The number of hydrogen-bond acceptors (Lipinski definition) is 3. The smallest absolute Gasteiger partial charge is 0.246 e. The number of amidine groups is 1. The Morgan fingerprint density at radius 3 is 2.81 bits per heavy atom. The molecule has 1 unspecified atom stereocenters. The predicted molar refractivity (Wildman–Crippen MR) is 103 cm³/mol. The van der Waals surface area contributed by atoms with Gasteiger partial charge in [0.25, 0.3) is 0 Å². The number of nitrogen functional groups attached to an aromatic ring is 1. The molecule has 1 heterocycles. The van der Waals surface area contributed by atoms with Crippen molar-refractivity contribution in [3.8, 4) is 5.75 Å². The fraction of sp³-hybridized carbons (Fsp3) is 0.238. The summed E-state index contributed by atoms with van der Waals surface area (Å²) < 4.78 is 5.69. The molecule has 3 rings (SSSR count). The summed E-state index contributed by atoms with van der Waals surface area (Å²) in [6.45, 7) is 2.97. The number of carbonyl (C=O) groups excluding carboxylic acids is 1. The first kappa shape index (κ1) is 17.7. The van der Waals surface area contributed by atoms with E-state index >= 15 is 0 Å². The molecule has 1 amide bonds. The van der Waals surface area contributed by atoms with Gasteiger partial charge in [-0.1, -0.05) is 30.3 Å². The van der Waals surface area contributed by atoms with Crippen LogP contribution in [-0.2, 0) is 4.79 Å². The van der Waals surface area contributed by atoms with Gasteiger partial charge in [0.2, 0.25) is 5.91 Å². The molecule has 4 N–H and O–H groups in total. The third-order valence-electron chi connectivity index (χ3n) is 4.52. The van der Waals surface area contributed by atoms with Crippen LogP contribution in [0, 0.1) is 5.41 Å². The first-order chi connectivity index (χ1) is 12.5. The Kier molecular flexibility index (Phi) is 5.37. The second kappa shape index (κ2) is 7.87. The highest BCUT2D eigenvalue weighted by Gasteiger charge is 2.24. The number of benzene rings is 2. The highest BCUT2D eigenvalue weighted by atomic mass is 16.5. The van der Waals surface area contributed by atoms with Gasteiger partial charge in [0.1, 0.15) is 11.6 Å². The zero-order chi connectivity index (χ0) is 18.5. The minimum Gasteiger partial charge on any atom is -0.493 e. The van der Waals surface area contributed by atoms with Crippen molar-refractivity contribution in [1.82, 2.24) is 5.32 Å². The molecule has 0 fully saturated rings. The van der Waals surface area contributed by atoms with Crippen molar-refractivity contribution >= 4 is 17.8 Å². The Morgan fingerprint density at radius 1 is 1.31 bits per heavy atom. The summed E-state index contributed by atoms with van der Waals surface area (Å²) in [4.78, 5) is 12.3. The number of nitrogens with two attached hydrogens (primary N) is 1. The average molecular weight is 349 g/mol. The fourth-order valence-corrected chi connectivity index (χ4v) is 3.05. The molecule has 134 valence electrons. The van der Waals surface area contributed by atoms with Crippen molar-refractivity contribution in [3.63, 3.8) is 0 Å². The standard InChI is InChI=1S/C21H23N3O2/c1-14(11-15-5-3-2-4-6-15)21(25)24-10-9-17-13-26-19-8-7-16(20(22)23)12-18(17)19/h2-8,11-12,17H,9-10,13H2,1H3,(H3,22,23)(H,24,25). The van der Waals surface area contributed by atoms with E-state index in [9.17, 15) is 4.79 Å². The fourth-order valence-electron chi connectivity index (χ4n) is 3.05. The molecular weight excluding hydrogens is 326 g/mol. The SMILES string of the molecule is CC(=Cc1ccccc1)C(=O)NCCC1COc2ccc(C(=N)N)cc21. The Labute approximate surface area is 153 Å². The molecule has 0 saturated carbocycles. The van der Waals surface area contributed by atoms with Crippen LogP contribution in [0.25, 0.3) is 6.08 Å².